The van der Waals surface area contributed by atoms with Crippen LogP contribution >= 0.6 is 0 Å². The maximum Gasteiger partial charge on any atom is 0.236 e. The summed E-state index contributed by atoms with van der Waals surface area (Å²) in [5.74, 6) is 0.978. The Balaban J connectivity index is 2.61. The van der Waals surface area contributed by atoms with Crippen LogP contribution in [0.3, 0.4) is 0 Å². The van der Waals surface area contributed by atoms with Crippen LogP contribution in [0.4, 0.5) is 0 Å². The maximum atomic E-state index is 11.8. The quantitative estimate of drug-likeness (QED) is 0.833. The standard InChI is InChI=1S/C14H22N2O2/c1-5-15-9-14(17)16(3)10-12-6-7-13(18-4)11(2)8-12/h6-8,15H,5,9-10H2,1-4H3. The molecule has 4 nitrogen and oxygen atoms in total. The molecule has 0 aromatic heterocycles. The molecule has 0 bridgehead atoms. The first-order chi connectivity index (χ1) is 8.58. The summed E-state index contributed by atoms with van der Waals surface area (Å²) < 4.78 is 5.21. The zero-order valence-electron chi connectivity index (χ0n) is 11.6. The second-order valence-corrected chi connectivity index (χ2v) is 4.33. The molecule has 1 rings (SSSR count). The molecule has 1 N–H and O–H groups in total. The number of ether oxygens (including phenoxy) is 1. The smallest absolute Gasteiger partial charge is 0.236 e. The summed E-state index contributed by atoms with van der Waals surface area (Å²) in [7, 11) is 3.48. The maximum absolute atomic E-state index is 11.8. The number of hydrogen-bond acceptors (Lipinski definition) is 3. The van der Waals surface area contributed by atoms with Gasteiger partial charge in [0, 0.05) is 13.6 Å². The number of hydrogen-bond donors (Lipinski definition) is 1. The van der Waals surface area contributed by atoms with Crippen LogP contribution < -0.4 is 10.1 Å². The Morgan fingerprint density at radius 3 is 2.72 bits per heavy atom. The highest BCUT2D eigenvalue weighted by molar-refractivity contribution is 5.77. The number of likely N-dealkylation sites (N-methyl/N-ethyl adjacent to an activating group) is 2. The van der Waals surface area contributed by atoms with Gasteiger partial charge >= 0.3 is 0 Å². The van der Waals surface area contributed by atoms with E-state index < -0.39 is 0 Å². The molecule has 0 unspecified atom stereocenters. The molecule has 0 aliphatic heterocycles. The van der Waals surface area contributed by atoms with Crippen LogP contribution in [-0.2, 0) is 11.3 Å². The van der Waals surface area contributed by atoms with Crippen molar-refractivity contribution >= 4 is 5.91 Å². The Morgan fingerprint density at radius 2 is 2.17 bits per heavy atom. The highest BCUT2D eigenvalue weighted by Gasteiger charge is 2.09. The van der Waals surface area contributed by atoms with Crippen molar-refractivity contribution in [3.63, 3.8) is 0 Å². The fraction of sp³-hybridized carbons (Fsp3) is 0.500. The summed E-state index contributed by atoms with van der Waals surface area (Å²) in [6.45, 7) is 5.81. The Labute approximate surface area is 109 Å². The van der Waals surface area contributed by atoms with E-state index in [9.17, 15) is 4.79 Å². The highest BCUT2D eigenvalue weighted by atomic mass is 16.5. The van der Waals surface area contributed by atoms with E-state index in [1.54, 1.807) is 12.0 Å². The first-order valence-electron chi connectivity index (χ1n) is 6.16. The van der Waals surface area contributed by atoms with Gasteiger partial charge in [0.25, 0.3) is 0 Å². The first kappa shape index (κ1) is 14.5. The number of carbonyl (C=O) groups excluding carboxylic acids is 1. The number of nitrogens with one attached hydrogen (secondary N) is 1. The van der Waals surface area contributed by atoms with E-state index in [2.05, 4.69) is 11.4 Å². The van der Waals surface area contributed by atoms with Crippen LogP contribution in [0, 0.1) is 6.92 Å². The molecule has 0 saturated heterocycles. The zero-order valence-corrected chi connectivity index (χ0v) is 11.6. The monoisotopic (exact) mass is 250 g/mol. The summed E-state index contributed by atoms with van der Waals surface area (Å²) in [5.41, 5.74) is 2.20. The van der Waals surface area contributed by atoms with Crippen molar-refractivity contribution in [3.05, 3.63) is 29.3 Å². The average molecular weight is 250 g/mol. The molecule has 0 spiro atoms. The third-order valence-corrected chi connectivity index (χ3v) is 2.83. The fourth-order valence-electron chi connectivity index (χ4n) is 1.77. The molecule has 4 heteroatoms. The molecule has 0 atom stereocenters. The zero-order chi connectivity index (χ0) is 13.5. The molecule has 0 saturated carbocycles. The SMILES string of the molecule is CCNCC(=O)N(C)Cc1ccc(OC)c(C)c1. The van der Waals surface area contributed by atoms with E-state index in [-0.39, 0.29) is 5.91 Å². The van der Waals surface area contributed by atoms with Gasteiger partial charge < -0.3 is 15.0 Å². The Bertz CT molecular complexity index is 405. The average Bonchev–Trinajstić information content (AvgIpc) is 2.36. The van der Waals surface area contributed by atoms with Crippen LogP contribution in [0.1, 0.15) is 18.1 Å². The van der Waals surface area contributed by atoms with Crippen LogP contribution in [0.15, 0.2) is 18.2 Å². The van der Waals surface area contributed by atoms with Gasteiger partial charge in [-0.1, -0.05) is 19.1 Å². The molecule has 0 fully saturated rings. The Hall–Kier alpha value is -1.55. The van der Waals surface area contributed by atoms with Gasteiger partial charge in [-0.05, 0) is 30.7 Å². The van der Waals surface area contributed by atoms with Crippen LogP contribution in [0.5, 0.6) is 5.75 Å². The second-order valence-electron chi connectivity index (χ2n) is 4.33. The minimum Gasteiger partial charge on any atom is -0.496 e. The number of amides is 1. The van der Waals surface area contributed by atoms with Gasteiger partial charge in [-0.15, -0.1) is 0 Å². The van der Waals surface area contributed by atoms with Gasteiger partial charge in [0.05, 0.1) is 13.7 Å². The Kier molecular flexibility index (Phi) is 5.65. The van der Waals surface area contributed by atoms with E-state index in [0.717, 1.165) is 23.4 Å². The number of aryl methyl sites for hydroxylation is 1. The van der Waals surface area contributed by atoms with E-state index in [4.69, 9.17) is 4.74 Å². The molecule has 0 aliphatic carbocycles. The van der Waals surface area contributed by atoms with E-state index >= 15 is 0 Å². The fourth-order valence-corrected chi connectivity index (χ4v) is 1.77. The van der Waals surface area contributed by atoms with Crippen LogP contribution in [-0.4, -0.2) is 38.1 Å². The molecule has 0 heterocycles. The number of benzene rings is 1. The molecule has 0 aliphatic rings. The molecule has 18 heavy (non-hydrogen) atoms. The summed E-state index contributed by atoms with van der Waals surface area (Å²) in [4.78, 5) is 13.5. The molecular formula is C14H22N2O2. The van der Waals surface area contributed by atoms with Crippen LogP contribution in [0.25, 0.3) is 0 Å². The second kappa shape index (κ2) is 7.01. The highest BCUT2D eigenvalue weighted by Crippen LogP contribution is 2.19. The van der Waals surface area contributed by atoms with Gasteiger partial charge in [-0.2, -0.15) is 0 Å². The van der Waals surface area contributed by atoms with Crippen molar-refractivity contribution in [1.29, 1.82) is 0 Å². The summed E-state index contributed by atoms with van der Waals surface area (Å²) in [6, 6.07) is 5.98. The largest absolute Gasteiger partial charge is 0.496 e. The lowest BCUT2D eigenvalue weighted by Gasteiger charge is -2.18. The summed E-state index contributed by atoms with van der Waals surface area (Å²) in [6.07, 6.45) is 0. The van der Waals surface area contributed by atoms with Crippen molar-refractivity contribution in [3.8, 4) is 5.75 Å². The third kappa shape index (κ3) is 4.04. The first-order valence-corrected chi connectivity index (χ1v) is 6.16. The van der Waals surface area contributed by atoms with Gasteiger partial charge in [0.15, 0.2) is 0 Å². The van der Waals surface area contributed by atoms with E-state index in [1.807, 2.05) is 33.0 Å². The number of methoxy groups -OCH3 is 1. The number of carbonyl (C=O) groups is 1. The Morgan fingerprint density at radius 1 is 1.44 bits per heavy atom. The number of rotatable bonds is 6. The minimum atomic E-state index is 0.102. The topological polar surface area (TPSA) is 41.6 Å². The van der Waals surface area contributed by atoms with Crippen molar-refractivity contribution in [1.82, 2.24) is 10.2 Å². The van der Waals surface area contributed by atoms with Gasteiger partial charge in [-0.25, -0.2) is 0 Å². The molecule has 100 valence electrons. The normalized spacial score (nSPS) is 10.2. The summed E-state index contributed by atoms with van der Waals surface area (Å²) >= 11 is 0. The molecule has 1 amide bonds. The third-order valence-electron chi connectivity index (χ3n) is 2.83. The lowest BCUT2D eigenvalue weighted by molar-refractivity contribution is -0.129. The molecule has 1 aromatic rings. The predicted octanol–water partition coefficient (Wildman–Crippen LogP) is 1.57. The molecule has 0 radical (unpaired) electrons. The van der Waals surface area contributed by atoms with Crippen molar-refractivity contribution in [2.24, 2.45) is 0 Å². The lowest BCUT2D eigenvalue weighted by Crippen LogP contribution is -2.35. The van der Waals surface area contributed by atoms with Crippen molar-refractivity contribution in [2.45, 2.75) is 20.4 Å². The van der Waals surface area contributed by atoms with Gasteiger partial charge in [0.2, 0.25) is 5.91 Å². The van der Waals surface area contributed by atoms with Crippen molar-refractivity contribution < 1.29 is 9.53 Å². The minimum absolute atomic E-state index is 0.102. The summed E-state index contributed by atoms with van der Waals surface area (Å²) in [5, 5.41) is 3.03. The van der Waals surface area contributed by atoms with Gasteiger partial charge in [0.1, 0.15) is 5.75 Å². The lowest BCUT2D eigenvalue weighted by atomic mass is 10.1. The van der Waals surface area contributed by atoms with Crippen molar-refractivity contribution in [2.75, 3.05) is 27.2 Å². The predicted molar refractivity (Wildman–Crippen MR) is 72.7 cm³/mol. The number of nitrogens with zero attached hydrogens (tertiary/aromatic N) is 1. The molecular weight excluding hydrogens is 228 g/mol. The molecule has 1 aromatic carbocycles. The van der Waals surface area contributed by atoms with Crippen LogP contribution in [0.2, 0.25) is 0 Å². The van der Waals surface area contributed by atoms with Gasteiger partial charge in [-0.3, -0.25) is 4.79 Å². The van der Waals surface area contributed by atoms with E-state index in [0.29, 0.717) is 13.1 Å². The van der Waals surface area contributed by atoms with E-state index in [1.165, 1.54) is 0 Å².